The second-order valence-electron chi connectivity index (χ2n) is 15.3. The van der Waals surface area contributed by atoms with Gasteiger partial charge < -0.3 is 52.8 Å². The van der Waals surface area contributed by atoms with E-state index in [1.54, 1.807) is 0 Å². The van der Waals surface area contributed by atoms with Crippen molar-refractivity contribution in [1.82, 2.24) is 0 Å². The number of fused-ring (bicyclic) bond motifs is 5. The highest BCUT2D eigenvalue weighted by Gasteiger charge is 3.07. The summed E-state index contributed by atoms with van der Waals surface area (Å²) in [5.41, 5.74) is -0.984. The van der Waals surface area contributed by atoms with Gasteiger partial charge in [0, 0.05) is 25.3 Å². The van der Waals surface area contributed by atoms with Gasteiger partial charge in [0.05, 0.1) is 42.8 Å². The molecule has 1 saturated carbocycles. The summed E-state index contributed by atoms with van der Waals surface area (Å²) in [6.07, 6.45) is -3.17. The van der Waals surface area contributed by atoms with E-state index in [-0.39, 0.29) is 24.6 Å². The van der Waals surface area contributed by atoms with Gasteiger partial charge in [0.25, 0.3) is 11.6 Å². The van der Waals surface area contributed by atoms with E-state index in [0.717, 1.165) is 27.6 Å². The number of hydrogen-bond donors (Lipinski definition) is 2. The fraction of sp³-hybridized carbons (Fsp3) is 0.649. The summed E-state index contributed by atoms with van der Waals surface area (Å²) >= 11 is 0. The van der Waals surface area contributed by atoms with E-state index in [4.69, 9.17) is 42.6 Å². The molecule has 51 heavy (non-hydrogen) atoms. The van der Waals surface area contributed by atoms with Gasteiger partial charge in [0.2, 0.25) is 6.29 Å². The van der Waals surface area contributed by atoms with E-state index < -0.39 is 76.9 Å². The third kappa shape index (κ3) is 3.59. The number of aromatic hydroxyl groups is 1. The van der Waals surface area contributed by atoms with Crippen LogP contribution in [0.25, 0.3) is 10.8 Å². The van der Waals surface area contributed by atoms with Gasteiger partial charge in [-0.3, -0.25) is 14.4 Å². The predicted octanol–water partition coefficient (Wildman–Crippen LogP) is 2.67. The second kappa shape index (κ2) is 10.1. The highest BCUT2D eigenvalue weighted by Crippen LogP contribution is 2.85. The van der Waals surface area contributed by atoms with E-state index in [0.29, 0.717) is 55.6 Å². The first-order valence-corrected chi connectivity index (χ1v) is 17.8. The first kappa shape index (κ1) is 32.4. The summed E-state index contributed by atoms with van der Waals surface area (Å²) in [5, 5.41) is 24.6. The number of aryl methyl sites for hydroxylation is 2. The van der Waals surface area contributed by atoms with E-state index in [1.807, 2.05) is 19.9 Å². The second-order valence-corrected chi connectivity index (χ2v) is 15.3. The summed E-state index contributed by atoms with van der Waals surface area (Å²) in [5.74, 6) is -4.95. The maximum Gasteiger partial charge on any atom is 0.303 e. The number of hydrogen-bond acceptors (Lipinski definition) is 14. The van der Waals surface area contributed by atoms with E-state index in [9.17, 15) is 24.6 Å². The van der Waals surface area contributed by atoms with Crippen LogP contribution in [0, 0.1) is 13.8 Å². The molecule has 10 atom stereocenters. The molecule has 6 aliphatic heterocycles. The number of rotatable bonds is 5. The zero-order chi connectivity index (χ0) is 35.6. The molecule has 0 aromatic heterocycles. The molecule has 14 nitrogen and oxygen atoms in total. The van der Waals surface area contributed by atoms with Gasteiger partial charge in [-0.05, 0) is 69.0 Å². The number of benzene rings is 2. The number of carbonyl (C=O) groups excluding carboxylic acids is 3. The van der Waals surface area contributed by atoms with Crippen LogP contribution in [-0.2, 0) is 53.9 Å². The topological polar surface area (TPSA) is 181 Å². The summed E-state index contributed by atoms with van der Waals surface area (Å²) in [6.45, 7) is 8.90. The van der Waals surface area contributed by atoms with E-state index >= 15 is 0 Å². The van der Waals surface area contributed by atoms with Crippen molar-refractivity contribution < 1.29 is 67.2 Å². The minimum absolute atomic E-state index is 0.128. The van der Waals surface area contributed by atoms with Crippen molar-refractivity contribution in [2.24, 2.45) is 0 Å². The number of phenolic OH excluding ortho intramolecular Hbond substituents is 1. The molecule has 2 spiro atoms. The number of ether oxygens (including phenoxy) is 9. The van der Waals surface area contributed by atoms with Gasteiger partial charge in [0.1, 0.15) is 23.7 Å². The Bertz CT molecular complexity index is 1970. The first-order chi connectivity index (χ1) is 24.3. The Morgan fingerprint density at radius 3 is 2.51 bits per heavy atom. The van der Waals surface area contributed by atoms with Crippen molar-refractivity contribution >= 4 is 28.3 Å². The number of epoxide rings is 2. The summed E-state index contributed by atoms with van der Waals surface area (Å²) in [4.78, 5) is 38.3. The molecule has 4 bridgehead atoms. The van der Waals surface area contributed by atoms with Crippen molar-refractivity contribution in [1.29, 1.82) is 0 Å². The van der Waals surface area contributed by atoms with Crippen LogP contribution in [0.1, 0.15) is 85.0 Å². The Labute approximate surface area is 292 Å². The van der Waals surface area contributed by atoms with Crippen molar-refractivity contribution in [3.63, 3.8) is 0 Å². The Kier molecular flexibility index (Phi) is 6.39. The van der Waals surface area contributed by atoms with Crippen LogP contribution in [0.5, 0.6) is 11.5 Å². The SMILES string of the molecule is CC(=O)OC1CC(O[C@@]23Oc4c(c(C)cc5c(C)c6c(c(O)c45)C(=O)CCC6)C4C2OC2(C5OCCCO5)OC42[C@]32CO2)OC(C)C1(O)C(C)=O. The molecule has 5 saturated heterocycles. The molecular formula is C37H40O14. The molecule has 6 fully saturated rings. The zero-order valence-electron chi connectivity index (χ0n) is 29.0. The fourth-order valence-corrected chi connectivity index (χ4v) is 10.5. The number of carbonyl (C=O) groups is 3. The molecule has 8 unspecified atom stereocenters. The maximum absolute atomic E-state index is 13.3. The standard InChI is InChI=1S/C37H40O14/c1-15-12-21-16(2)20-8-6-9-22(40)26(20)29(41)27(21)30-25(15)28-31-36(49-30,48-24-13-23(47-19(5)39)34(42,17(3)38)18(4)46-24)33(14-45-33)35(28)37(50-31,51-35)32-43-10-7-11-44-32/h12,18,23-24,28,31-32,41-42H,6-11,13-14H2,1-5H3/t18?,23?,24?,28?,31?,33-,34?,35?,36-,37?/m1/s1. The lowest BCUT2D eigenvalue weighted by atomic mass is 9.77. The van der Waals surface area contributed by atoms with Crippen molar-refractivity contribution in [3.8, 4) is 11.5 Å². The Morgan fingerprint density at radius 1 is 1.08 bits per heavy atom. The lowest BCUT2D eigenvalue weighted by Gasteiger charge is -2.49. The number of Topliss-reactive ketones (excluding diaryl/α,β-unsaturated/α-hetero) is 2. The molecule has 6 heterocycles. The van der Waals surface area contributed by atoms with Crippen LogP contribution in [0.15, 0.2) is 6.07 Å². The van der Waals surface area contributed by atoms with Gasteiger partial charge in [-0.25, -0.2) is 0 Å². The van der Waals surface area contributed by atoms with Crippen LogP contribution in [-0.4, -0.2) is 107 Å². The highest BCUT2D eigenvalue weighted by molar-refractivity contribution is 6.10. The zero-order valence-corrected chi connectivity index (χ0v) is 29.0. The lowest BCUT2D eigenvalue weighted by molar-refractivity contribution is -0.382. The third-order valence-electron chi connectivity index (χ3n) is 12.8. The van der Waals surface area contributed by atoms with Crippen LogP contribution in [0.3, 0.4) is 0 Å². The van der Waals surface area contributed by atoms with Crippen molar-refractivity contribution in [3.05, 3.63) is 33.9 Å². The molecule has 14 heteroatoms. The quantitative estimate of drug-likeness (QED) is 0.342. The predicted molar refractivity (Wildman–Crippen MR) is 170 cm³/mol. The van der Waals surface area contributed by atoms with Gasteiger partial charge in [-0.15, -0.1) is 0 Å². The molecule has 10 rings (SSSR count). The molecule has 2 N–H and O–H groups in total. The highest BCUT2D eigenvalue weighted by atomic mass is 16.9. The monoisotopic (exact) mass is 708 g/mol. The fourth-order valence-electron chi connectivity index (χ4n) is 10.5. The number of esters is 1. The average Bonchev–Trinajstić information content (AvgIpc) is 4.00. The smallest absolute Gasteiger partial charge is 0.303 e. The molecular weight excluding hydrogens is 668 g/mol. The lowest BCUT2D eigenvalue weighted by Crippen LogP contribution is -2.69. The molecule has 272 valence electrons. The van der Waals surface area contributed by atoms with Crippen LogP contribution in [0.2, 0.25) is 0 Å². The Hall–Kier alpha value is -3.21. The minimum Gasteiger partial charge on any atom is -0.506 e. The molecule has 2 aliphatic carbocycles. The van der Waals surface area contributed by atoms with E-state index in [2.05, 4.69) is 0 Å². The normalized spacial score (nSPS) is 43.0. The first-order valence-electron chi connectivity index (χ1n) is 17.8. The number of phenols is 1. The summed E-state index contributed by atoms with van der Waals surface area (Å²) < 4.78 is 58.0. The van der Waals surface area contributed by atoms with Gasteiger partial charge in [-0.1, -0.05) is 6.07 Å². The van der Waals surface area contributed by atoms with E-state index in [1.165, 1.54) is 20.8 Å². The summed E-state index contributed by atoms with van der Waals surface area (Å²) in [6, 6.07) is 2.02. The largest absolute Gasteiger partial charge is 0.506 e. The maximum atomic E-state index is 13.3. The van der Waals surface area contributed by atoms with Gasteiger partial charge in [-0.2, -0.15) is 0 Å². The number of aliphatic hydroxyl groups is 1. The van der Waals surface area contributed by atoms with Crippen LogP contribution >= 0.6 is 0 Å². The van der Waals surface area contributed by atoms with Gasteiger partial charge >= 0.3 is 5.97 Å². The van der Waals surface area contributed by atoms with Crippen molar-refractivity contribution in [2.75, 3.05) is 19.8 Å². The molecule has 2 aromatic rings. The molecule has 0 amide bonds. The third-order valence-corrected chi connectivity index (χ3v) is 12.8. The number of ketones is 2. The van der Waals surface area contributed by atoms with Gasteiger partial charge in [0.15, 0.2) is 34.7 Å². The Balaban J connectivity index is 1.16. The molecule has 8 aliphatic rings. The summed E-state index contributed by atoms with van der Waals surface area (Å²) in [7, 11) is 0. The van der Waals surface area contributed by atoms with Crippen LogP contribution < -0.4 is 4.74 Å². The minimum atomic E-state index is -2.13. The average molecular weight is 709 g/mol. The van der Waals surface area contributed by atoms with Crippen LogP contribution in [0.4, 0.5) is 0 Å². The molecule has 0 radical (unpaired) electrons. The Morgan fingerprint density at radius 2 is 1.82 bits per heavy atom. The van der Waals surface area contributed by atoms with Crippen molar-refractivity contribution in [2.45, 2.75) is 132 Å². The molecule has 2 aromatic carbocycles.